The molecule has 3 heterocycles. The minimum atomic E-state index is -4.47. The molecule has 0 aromatic carbocycles. The largest absolute Gasteiger partial charge is 0.408 e. The summed E-state index contributed by atoms with van der Waals surface area (Å²) in [6.45, 7) is 6.52. The molecular formula is C24H31F3N6O. The van der Waals surface area contributed by atoms with E-state index in [0.717, 1.165) is 19.3 Å². The summed E-state index contributed by atoms with van der Waals surface area (Å²) in [4.78, 5) is 19.5. The monoisotopic (exact) mass is 476 g/mol. The predicted molar refractivity (Wildman–Crippen MR) is 123 cm³/mol. The van der Waals surface area contributed by atoms with Crippen LogP contribution in [0.25, 0.3) is 0 Å². The molecular weight excluding hydrogens is 445 g/mol. The van der Waals surface area contributed by atoms with Crippen LogP contribution in [0, 0.1) is 17.2 Å². The number of nitrogens with zero attached hydrogens (tertiary/aromatic N) is 5. The quantitative estimate of drug-likeness (QED) is 0.574. The van der Waals surface area contributed by atoms with E-state index in [4.69, 9.17) is 0 Å². The normalized spacial score (nSPS) is 18.2. The Morgan fingerprint density at radius 3 is 2.71 bits per heavy atom. The molecule has 3 rings (SSSR count). The first-order valence-electron chi connectivity index (χ1n) is 11.6. The van der Waals surface area contributed by atoms with Crippen LogP contribution >= 0.6 is 0 Å². The summed E-state index contributed by atoms with van der Waals surface area (Å²) >= 11 is 0. The van der Waals surface area contributed by atoms with Gasteiger partial charge in [0, 0.05) is 37.6 Å². The van der Waals surface area contributed by atoms with Crippen LogP contribution in [0.4, 0.5) is 18.9 Å². The van der Waals surface area contributed by atoms with Gasteiger partial charge in [-0.2, -0.15) is 23.5 Å². The molecule has 34 heavy (non-hydrogen) atoms. The maximum absolute atomic E-state index is 14.4. The van der Waals surface area contributed by atoms with Crippen LogP contribution in [0.3, 0.4) is 0 Å². The summed E-state index contributed by atoms with van der Waals surface area (Å²) in [7, 11) is 0. The zero-order valence-corrected chi connectivity index (χ0v) is 19.8. The number of hydrogen-bond donors (Lipinski definition) is 1. The number of anilines is 1. The molecule has 1 aliphatic heterocycles. The summed E-state index contributed by atoms with van der Waals surface area (Å²) < 4.78 is 43.2. The van der Waals surface area contributed by atoms with Crippen molar-refractivity contribution in [1.29, 1.82) is 5.26 Å². The van der Waals surface area contributed by atoms with E-state index in [2.05, 4.69) is 29.0 Å². The average molecular weight is 477 g/mol. The summed E-state index contributed by atoms with van der Waals surface area (Å²) in [5, 5.41) is 15.4. The molecule has 2 atom stereocenters. The number of nitriles is 1. The summed E-state index contributed by atoms with van der Waals surface area (Å²) in [6.07, 6.45) is 1.75. The number of hydrogen-bond acceptors (Lipinski definition) is 6. The van der Waals surface area contributed by atoms with Crippen molar-refractivity contribution in [3.63, 3.8) is 0 Å². The van der Waals surface area contributed by atoms with Gasteiger partial charge in [0.25, 0.3) is 5.56 Å². The van der Waals surface area contributed by atoms with Gasteiger partial charge in [-0.1, -0.05) is 32.8 Å². The van der Waals surface area contributed by atoms with Crippen molar-refractivity contribution in [3.05, 3.63) is 51.7 Å². The van der Waals surface area contributed by atoms with Gasteiger partial charge in [-0.3, -0.25) is 14.7 Å². The predicted octanol–water partition coefficient (Wildman–Crippen LogP) is 4.22. The maximum Gasteiger partial charge on any atom is 0.408 e. The van der Waals surface area contributed by atoms with Crippen molar-refractivity contribution in [2.75, 3.05) is 24.5 Å². The van der Waals surface area contributed by atoms with E-state index in [-0.39, 0.29) is 36.8 Å². The fourth-order valence-corrected chi connectivity index (χ4v) is 4.63. The summed E-state index contributed by atoms with van der Waals surface area (Å²) in [5.74, 6) is 0.556. The molecule has 0 saturated carbocycles. The summed E-state index contributed by atoms with van der Waals surface area (Å²) in [6, 6.07) is 2.85. The number of unbranched alkanes of at least 4 members (excludes halogenated alkanes) is 1. The lowest BCUT2D eigenvalue weighted by atomic mass is 9.96. The molecule has 0 amide bonds. The molecule has 1 saturated heterocycles. The number of alkyl halides is 3. The van der Waals surface area contributed by atoms with Gasteiger partial charge in [0.15, 0.2) is 0 Å². The smallest absolute Gasteiger partial charge is 0.364 e. The van der Waals surface area contributed by atoms with Crippen LogP contribution in [-0.2, 0) is 6.42 Å². The van der Waals surface area contributed by atoms with Crippen molar-refractivity contribution < 1.29 is 13.2 Å². The van der Waals surface area contributed by atoms with Gasteiger partial charge >= 0.3 is 6.18 Å². The van der Waals surface area contributed by atoms with Gasteiger partial charge in [0.05, 0.1) is 11.9 Å². The highest BCUT2D eigenvalue weighted by Crippen LogP contribution is 2.40. The molecule has 7 nitrogen and oxygen atoms in total. The van der Waals surface area contributed by atoms with Crippen molar-refractivity contribution in [1.82, 2.24) is 20.1 Å². The number of aromatic amines is 1. The first-order chi connectivity index (χ1) is 16.1. The molecule has 2 aromatic heterocycles. The molecule has 0 radical (unpaired) electrons. The molecule has 1 N–H and O–H groups in total. The number of halogens is 3. The van der Waals surface area contributed by atoms with Crippen LogP contribution in [0.15, 0.2) is 29.3 Å². The average Bonchev–Trinajstić information content (AvgIpc) is 2.77. The van der Waals surface area contributed by atoms with Crippen molar-refractivity contribution >= 4 is 5.69 Å². The van der Waals surface area contributed by atoms with Crippen molar-refractivity contribution in [2.24, 2.45) is 5.92 Å². The Bertz CT molecular complexity index is 1060. The molecule has 0 spiro atoms. The lowest BCUT2D eigenvalue weighted by Crippen LogP contribution is -2.55. The second-order valence-electron chi connectivity index (χ2n) is 9.23. The SMILES string of the molecule is CC(C)CCCCc1ncccc1[C@H](N1CCN(c2cn[nH]c(=O)c2C#N)[C@H](C)C1)C(F)(F)F. The molecule has 10 heteroatoms. The number of aromatic nitrogens is 3. The van der Waals surface area contributed by atoms with Gasteiger partial charge in [-0.25, -0.2) is 5.10 Å². The van der Waals surface area contributed by atoms with Gasteiger partial charge in [-0.05, 0) is 37.3 Å². The Labute approximate surface area is 197 Å². The van der Waals surface area contributed by atoms with Crippen LogP contribution in [0.2, 0.25) is 0 Å². The van der Waals surface area contributed by atoms with Crippen LogP contribution in [0.1, 0.15) is 62.9 Å². The number of aryl methyl sites for hydroxylation is 1. The van der Waals surface area contributed by atoms with Gasteiger partial charge < -0.3 is 4.90 Å². The van der Waals surface area contributed by atoms with E-state index < -0.39 is 17.8 Å². The van der Waals surface area contributed by atoms with E-state index in [1.165, 1.54) is 17.2 Å². The minimum absolute atomic E-state index is 0.0846. The molecule has 0 aliphatic carbocycles. The standard InChI is InChI=1S/C24H31F3N6O/c1-16(2)7-4-5-9-20-18(8-6-10-29-20)22(24(25,26)27)32-11-12-33(17(3)15-32)21-14-30-31-23(34)19(21)13-28/h6,8,10,14,16-17,22H,4-5,7,9,11-12,15H2,1-3H3,(H,31,34)/t17-,22+/m1/s1. The molecule has 1 fully saturated rings. The maximum atomic E-state index is 14.4. The fourth-order valence-electron chi connectivity index (χ4n) is 4.63. The van der Waals surface area contributed by atoms with Crippen LogP contribution in [-0.4, -0.2) is 51.9 Å². The van der Waals surface area contributed by atoms with E-state index in [1.54, 1.807) is 24.1 Å². The van der Waals surface area contributed by atoms with Gasteiger partial charge in [-0.15, -0.1) is 0 Å². The van der Waals surface area contributed by atoms with E-state index in [9.17, 15) is 23.2 Å². The Hall–Kier alpha value is -2.93. The fraction of sp³-hybridized carbons (Fsp3) is 0.583. The zero-order valence-electron chi connectivity index (χ0n) is 19.8. The second-order valence-corrected chi connectivity index (χ2v) is 9.23. The lowest BCUT2D eigenvalue weighted by molar-refractivity contribution is -0.188. The number of piperazine rings is 1. The van der Waals surface area contributed by atoms with Crippen molar-refractivity contribution in [2.45, 2.75) is 64.7 Å². The number of nitrogens with one attached hydrogen (secondary N) is 1. The highest BCUT2D eigenvalue weighted by molar-refractivity contribution is 5.57. The first-order valence-corrected chi connectivity index (χ1v) is 11.6. The van der Waals surface area contributed by atoms with E-state index in [0.29, 0.717) is 23.7 Å². The molecule has 184 valence electrons. The molecule has 0 bridgehead atoms. The Kier molecular flexibility index (Phi) is 8.31. The Morgan fingerprint density at radius 2 is 2.06 bits per heavy atom. The van der Waals surface area contributed by atoms with E-state index >= 15 is 0 Å². The Balaban J connectivity index is 1.83. The highest BCUT2D eigenvalue weighted by atomic mass is 19.4. The lowest BCUT2D eigenvalue weighted by Gasteiger charge is -2.44. The third-order valence-corrected chi connectivity index (χ3v) is 6.26. The third-order valence-electron chi connectivity index (χ3n) is 6.26. The molecule has 0 unspecified atom stereocenters. The summed E-state index contributed by atoms with van der Waals surface area (Å²) in [5.41, 5.74) is 0.345. The van der Waals surface area contributed by atoms with Gasteiger partial charge in [0.2, 0.25) is 0 Å². The first kappa shape index (κ1) is 25.7. The van der Waals surface area contributed by atoms with Crippen molar-refractivity contribution in [3.8, 4) is 6.07 Å². The zero-order chi connectivity index (χ0) is 24.9. The highest BCUT2D eigenvalue weighted by Gasteiger charge is 2.47. The Morgan fingerprint density at radius 1 is 1.29 bits per heavy atom. The van der Waals surface area contributed by atoms with Crippen LogP contribution < -0.4 is 10.5 Å². The molecule has 1 aliphatic rings. The second kappa shape index (κ2) is 11.0. The van der Waals surface area contributed by atoms with E-state index in [1.807, 2.05) is 6.07 Å². The van der Waals surface area contributed by atoms with Gasteiger partial charge in [0.1, 0.15) is 17.7 Å². The topological polar surface area (TPSA) is 88.9 Å². The van der Waals surface area contributed by atoms with Crippen LogP contribution in [0.5, 0.6) is 0 Å². The minimum Gasteiger partial charge on any atom is -0.364 e. The number of rotatable bonds is 8. The third kappa shape index (κ3) is 5.95. The number of H-pyrrole nitrogens is 1. The molecule has 2 aromatic rings. The number of pyridine rings is 1.